The van der Waals surface area contributed by atoms with Gasteiger partial charge < -0.3 is 5.32 Å². The van der Waals surface area contributed by atoms with E-state index >= 15 is 0 Å². The number of alkyl halides is 3. The molecule has 1 N–H and O–H groups in total. The number of carbonyl (C=O) groups is 1. The first-order chi connectivity index (χ1) is 15.6. The number of thiazole rings is 1. The van der Waals surface area contributed by atoms with Crippen molar-refractivity contribution in [3.05, 3.63) is 81.2 Å². The lowest BCUT2D eigenvalue weighted by atomic mass is 10.1. The van der Waals surface area contributed by atoms with E-state index in [1.807, 2.05) is 17.5 Å². The quantitative estimate of drug-likeness (QED) is 0.345. The number of nitrogens with one attached hydrogen (secondary N) is 1. The summed E-state index contributed by atoms with van der Waals surface area (Å²) in [6, 6.07) is 9.19. The number of amides is 1. The van der Waals surface area contributed by atoms with Crippen LogP contribution in [0.1, 0.15) is 34.7 Å². The maximum absolute atomic E-state index is 13.1. The van der Waals surface area contributed by atoms with Gasteiger partial charge in [-0.1, -0.05) is 35.3 Å². The van der Waals surface area contributed by atoms with Crippen molar-refractivity contribution in [2.45, 2.75) is 19.1 Å². The lowest BCUT2D eigenvalue weighted by molar-refractivity contribution is -0.137. The van der Waals surface area contributed by atoms with Gasteiger partial charge in [0.05, 0.1) is 17.3 Å². The van der Waals surface area contributed by atoms with Gasteiger partial charge >= 0.3 is 6.18 Å². The molecule has 0 aliphatic rings. The number of hydrogen-bond acceptors (Lipinski definition) is 5. The second-order valence-electron chi connectivity index (χ2n) is 6.97. The van der Waals surface area contributed by atoms with Crippen molar-refractivity contribution in [2.24, 2.45) is 0 Å². The molecule has 12 heteroatoms. The fraction of sp³-hybridized carbons (Fsp3) is 0.143. The van der Waals surface area contributed by atoms with Gasteiger partial charge in [-0.3, -0.25) is 4.79 Å². The Kier molecular flexibility index (Phi) is 6.42. The molecule has 0 spiro atoms. The molecule has 4 rings (SSSR count). The van der Waals surface area contributed by atoms with E-state index in [1.54, 1.807) is 19.1 Å². The lowest BCUT2D eigenvalue weighted by Gasteiger charge is -2.15. The third-order valence-corrected chi connectivity index (χ3v) is 5.90. The average Bonchev–Trinajstić information content (AvgIpc) is 3.43. The SMILES string of the molecule is C[C@H](NC(=O)c1cc(Cl)cc(C(F)(F)F)c1)c1ncnn1-c1nc(-c2ccc(Cl)cc2)cs1. The predicted molar refractivity (Wildman–Crippen MR) is 120 cm³/mol. The van der Waals surface area contributed by atoms with E-state index in [0.29, 0.717) is 21.7 Å². The Hall–Kier alpha value is -2.95. The van der Waals surface area contributed by atoms with E-state index in [0.717, 1.165) is 17.7 Å². The Bertz CT molecular complexity index is 1300. The average molecular weight is 512 g/mol. The molecule has 0 unspecified atom stereocenters. The Morgan fingerprint density at radius 1 is 1.12 bits per heavy atom. The summed E-state index contributed by atoms with van der Waals surface area (Å²) in [5, 5.41) is 9.59. The normalized spacial score (nSPS) is 12.5. The fourth-order valence-electron chi connectivity index (χ4n) is 3.04. The molecule has 0 radical (unpaired) electrons. The summed E-state index contributed by atoms with van der Waals surface area (Å²) in [6.45, 7) is 1.64. The van der Waals surface area contributed by atoms with Crippen LogP contribution in [0.15, 0.2) is 54.2 Å². The first-order valence-electron chi connectivity index (χ1n) is 9.42. The third-order valence-electron chi connectivity index (χ3n) is 4.61. The number of hydrogen-bond donors (Lipinski definition) is 1. The summed E-state index contributed by atoms with van der Waals surface area (Å²) in [5.74, 6) is -0.371. The van der Waals surface area contributed by atoms with Crippen molar-refractivity contribution >= 4 is 40.4 Å². The number of aromatic nitrogens is 4. The van der Waals surface area contributed by atoms with Gasteiger partial charge in [0.15, 0.2) is 5.82 Å². The minimum Gasteiger partial charge on any atom is -0.342 e. The van der Waals surface area contributed by atoms with E-state index in [9.17, 15) is 18.0 Å². The highest BCUT2D eigenvalue weighted by Gasteiger charge is 2.32. The number of rotatable bonds is 5. The van der Waals surface area contributed by atoms with Crippen molar-refractivity contribution in [1.82, 2.24) is 25.1 Å². The number of nitrogens with zero attached hydrogens (tertiary/aromatic N) is 4. The maximum Gasteiger partial charge on any atom is 0.416 e. The van der Waals surface area contributed by atoms with Crippen molar-refractivity contribution in [3.8, 4) is 16.4 Å². The van der Waals surface area contributed by atoms with Gasteiger partial charge in [0, 0.05) is 26.6 Å². The minimum absolute atomic E-state index is 0.191. The molecule has 1 amide bonds. The van der Waals surface area contributed by atoms with Crippen LogP contribution in [-0.4, -0.2) is 25.7 Å². The third kappa shape index (κ3) is 5.18. The molecule has 170 valence electrons. The van der Waals surface area contributed by atoms with Gasteiger partial charge in [-0.05, 0) is 37.3 Å². The summed E-state index contributed by atoms with van der Waals surface area (Å²) in [5.41, 5.74) is 0.357. The molecule has 1 atom stereocenters. The largest absolute Gasteiger partial charge is 0.416 e. The van der Waals surface area contributed by atoms with Crippen LogP contribution in [0.3, 0.4) is 0 Å². The van der Waals surface area contributed by atoms with Crippen molar-refractivity contribution in [1.29, 1.82) is 0 Å². The van der Waals surface area contributed by atoms with Gasteiger partial charge in [-0.2, -0.15) is 23.0 Å². The summed E-state index contributed by atoms with van der Waals surface area (Å²) in [7, 11) is 0. The Morgan fingerprint density at radius 3 is 2.55 bits per heavy atom. The number of halogens is 5. The Balaban J connectivity index is 1.55. The van der Waals surface area contributed by atoms with Crippen LogP contribution >= 0.6 is 34.5 Å². The van der Waals surface area contributed by atoms with Crippen LogP contribution in [0, 0.1) is 0 Å². The highest BCUT2D eigenvalue weighted by atomic mass is 35.5. The molecule has 33 heavy (non-hydrogen) atoms. The molecule has 2 heterocycles. The Labute approximate surface area is 200 Å². The van der Waals surface area contributed by atoms with Crippen LogP contribution in [0.2, 0.25) is 10.0 Å². The fourth-order valence-corrected chi connectivity index (χ4v) is 4.20. The van der Waals surface area contributed by atoms with Crippen LogP contribution in [0.4, 0.5) is 13.2 Å². The highest BCUT2D eigenvalue weighted by Crippen LogP contribution is 2.32. The van der Waals surface area contributed by atoms with Crippen LogP contribution in [0.25, 0.3) is 16.4 Å². The van der Waals surface area contributed by atoms with Gasteiger partial charge in [0.2, 0.25) is 5.13 Å². The Morgan fingerprint density at radius 2 is 1.85 bits per heavy atom. The summed E-state index contributed by atoms with van der Waals surface area (Å²) >= 11 is 13.0. The molecular formula is C21H14Cl2F3N5OS. The second-order valence-corrected chi connectivity index (χ2v) is 8.68. The predicted octanol–water partition coefficient (Wildman–Crippen LogP) is 6.21. The molecule has 2 aromatic carbocycles. The first-order valence-corrected chi connectivity index (χ1v) is 11.1. The zero-order valence-electron chi connectivity index (χ0n) is 16.8. The lowest BCUT2D eigenvalue weighted by Crippen LogP contribution is -2.29. The zero-order valence-corrected chi connectivity index (χ0v) is 19.1. The molecular weight excluding hydrogens is 498 g/mol. The summed E-state index contributed by atoms with van der Waals surface area (Å²) < 4.78 is 40.6. The summed E-state index contributed by atoms with van der Waals surface area (Å²) in [4.78, 5) is 21.4. The zero-order chi connectivity index (χ0) is 23.8. The van der Waals surface area contributed by atoms with Gasteiger partial charge in [0.1, 0.15) is 6.33 Å². The van der Waals surface area contributed by atoms with E-state index in [2.05, 4.69) is 20.4 Å². The molecule has 0 aliphatic carbocycles. The molecule has 2 aromatic heterocycles. The topological polar surface area (TPSA) is 72.7 Å². The van der Waals surface area contributed by atoms with Crippen molar-refractivity contribution in [2.75, 3.05) is 0 Å². The van der Waals surface area contributed by atoms with Crippen LogP contribution < -0.4 is 5.32 Å². The number of benzene rings is 2. The second kappa shape index (κ2) is 9.12. The van der Waals surface area contributed by atoms with Gasteiger partial charge in [-0.25, -0.2) is 9.97 Å². The van der Waals surface area contributed by atoms with Crippen molar-refractivity contribution in [3.63, 3.8) is 0 Å². The van der Waals surface area contributed by atoms with E-state index in [-0.39, 0.29) is 10.6 Å². The van der Waals surface area contributed by atoms with Gasteiger partial charge in [-0.15, -0.1) is 11.3 Å². The van der Waals surface area contributed by atoms with Crippen molar-refractivity contribution < 1.29 is 18.0 Å². The molecule has 0 fully saturated rings. The standard InChI is InChI=1S/C21H14Cl2F3N5OS/c1-11(29-19(32)13-6-14(21(24,25)26)8-16(23)7-13)18-27-10-28-31(18)20-30-17(9-33-20)12-2-4-15(22)5-3-12/h2-11H,1H3,(H,29,32)/t11-/m0/s1. The molecule has 0 saturated heterocycles. The van der Waals surface area contributed by atoms with Crippen LogP contribution in [0.5, 0.6) is 0 Å². The highest BCUT2D eigenvalue weighted by molar-refractivity contribution is 7.12. The molecule has 6 nitrogen and oxygen atoms in total. The van der Waals surface area contributed by atoms with E-state index < -0.39 is 23.7 Å². The minimum atomic E-state index is -4.63. The van der Waals surface area contributed by atoms with Crippen LogP contribution in [-0.2, 0) is 6.18 Å². The number of carbonyl (C=O) groups excluding carboxylic acids is 1. The maximum atomic E-state index is 13.1. The molecule has 4 aromatic rings. The summed E-state index contributed by atoms with van der Waals surface area (Å²) in [6.07, 6.45) is -3.32. The van der Waals surface area contributed by atoms with E-state index in [4.69, 9.17) is 23.2 Å². The smallest absolute Gasteiger partial charge is 0.342 e. The van der Waals surface area contributed by atoms with E-state index in [1.165, 1.54) is 28.4 Å². The first kappa shape index (κ1) is 23.2. The molecule has 0 bridgehead atoms. The molecule has 0 saturated carbocycles. The van der Waals surface area contributed by atoms with Gasteiger partial charge in [0.25, 0.3) is 5.91 Å². The monoisotopic (exact) mass is 511 g/mol. The molecule has 0 aliphatic heterocycles.